The summed E-state index contributed by atoms with van der Waals surface area (Å²) in [4.78, 5) is 30.3. The second kappa shape index (κ2) is 12.5. The molecule has 0 bridgehead atoms. The zero-order valence-corrected chi connectivity index (χ0v) is 21.5. The minimum absolute atomic E-state index is 0.231. The van der Waals surface area contributed by atoms with Gasteiger partial charge >= 0.3 is 0 Å². The monoisotopic (exact) mass is 536 g/mol. The zero-order chi connectivity index (χ0) is 27.0. The van der Waals surface area contributed by atoms with Crippen LogP contribution in [-0.4, -0.2) is 87.3 Å². The minimum atomic E-state index is -3.74. The van der Waals surface area contributed by atoms with Crippen molar-refractivity contribution in [3.8, 4) is 17.2 Å². The first kappa shape index (κ1) is 27.1. The van der Waals surface area contributed by atoms with Crippen LogP contribution in [0.15, 0.2) is 55.1 Å². The van der Waals surface area contributed by atoms with Gasteiger partial charge in [-0.15, -0.1) is 0 Å². The Labute approximate surface area is 221 Å². The Hall–Kier alpha value is -3.99. The molecule has 1 atom stereocenters. The molecule has 4 rings (SSSR count). The number of hydroxylamine groups is 2. The van der Waals surface area contributed by atoms with E-state index in [1.165, 1.54) is 4.31 Å². The highest BCUT2D eigenvalue weighted by molar-refractivity contribution is 7.89. The van der Waals surface area contributed by atoms with E-state index in [2.05, 4.69) is 26.0 Å². The summed E-state index contributed by atoms with van der Waals surface area (Å²) in [5.41, 5.74) is 2.17. The first-order chi connectivity index (χ1) is 18.4. The number of hydrogen-bond acceptors (Lipinski definition) is 10. The third-order valence-corrected chi connectivity index (χ3v) is 8.28. The van der Waals surface area contributed by atoms with Crippen LogP contribution in [0.1, 0.15) is 24.2 Å². The molecule has 3 aromatic rings. The molecular weight excluding hydrogens is 508 g/mol. The smallest absolute Gasteiger partial charge is 0.233 e. The number of amides is 1. The SMILES string of the molecule is N#Cc1cccc(-c2cnc(N3CCN(S(=O)(=O)CC(CCCc4ncccn4)N(O)C=O)CC3)nc2)c1. The lowest BCUT2D eigenvalue weighted by Gasteiger charge is -2.35. The highest BCUT2D eigenvalue weighted by Crippen LogP contribution is 2.21. The summed E-state index contributed by atoms with van der Waals surface area (Å²) in [6, 6.07) is 10.1. The van der Waals surface area contributed by atoms with E-state index >= 15 is 0 Å². The maximum atomic E-state index is 13.1. The number of anilines is 1. The molecule has 0 spiro atoms. The molecule has 1 saturated heterocycles. The van der Waals surface area contributed by atoms with Crippen molar-refractivity contribution in [1.82, 2.24) is 29.3 Å². The summed E-state index contributed by atoms with van der Waals surface area (Å²) >= 11 is 0. The summed E-state index contributed by atoms with van der Waals surface area (Å²) < 4.78 is 27.6. The van der Waals surface area contributed by atoms with E-state index in [4.69, 9.17) is 5.26 Å². The molecule has 0 aliphatic carbocycles. The predicted molar refractivity (Wildman–Crippen MR) is 138 cm³/mol. The number of nitrogens with zero attached hydrogens (tertiary/aromatic N) is 8. The van der Waals surface area contributed by atoms with Crippen molar-refractivity contribution >= 4 is 22.4 Å². The lowest BCUT2D eigenvalue weighted by molar-refractivity contribution is -0.158. The molecule has 1 fully saturated rings. The molecule has 1 N–H and O–H groups in total. The van der Waals surface area contributed by atoms with Crippen molar-refractivity contribution in [3.63, 3.8) is 0 Å². The number of carbonyl (C=O) groups is 1. The van der Waals surface area contributed by atoms with Crippen LogP contribution in [0.5, 0.6) is 0 Å². The van der Waals surface area contributed by atoms with Gasteiger partial charge in [-0.2, -0.15) is 9.57 Å². The molecule has 1 amide bonds. The molecule has 13 heteroatoms. The molecule has 1 aliphatic heterocycles. The van der Waals surface area contributed by atoms with Crippen molar-refractivity contribution in [3.05, 3.63) is 66.5 Å². The fraction of sp³-hybridized carbons (Fsp3) is 0.360. The topological polar surface area (TPSA) is 157 Å². The molecule has 38 heavy (non-hydrogen) atoms. The maximum absolute atomic E-state index is 13.1. The lowest BCUT2D eigenvalue weighted by atomic mass is 10.1. The standard InChI is InChI=1S/C25H28N8O4S/c26-15-20-4-1-5-21(14-20)22-16-29-25(30-17-22)31-10-12-32(13-11-31)38(36,37)18-23(33(35)19-34)6-2-7-24-27-8-3-9-28-24/h1,3-5,8-9,14,16-17,19,23,35H,2,6-7,10-13,18H2. The second-order valence-electron chi connectivity index (χ2n) is 8.83. The van der Waals surface area contributed by atoms with Crippen LogP contribution in [0.3, 0.4) is 0 Å². The number of rotatable bonds is 11. The van der Waals surface area contributed by atoms with E-state index in [0.29, 0.717) is 48.3 Å². The van der Waals surface area contributed by atoms with Gasteiger partial charge in [-0.1, -0.05) is 12.1 Å². The number of benzene rings is 1. The average molecular weight is 537 g/mol. The molecular formula is C25H28N8O4S. The van der Waals surface area contributed by atoms with Gasteiger partial charge in [0, 0.05) is 63.0 Å². The van der Waals surface area contributed by atoms with E-state index in [-0.39, 0.29) is 31.7 Å². The quantitative estimate of drug-likeness (QED) is 0.216. The van der Waals surface area contributed by atoms with Crippen LogP contribution in [0.2, 0.25) is 0 Å². The van der Waals surface area contributed by atoms with Gasteiger partial charge in [0.25, 0.3) is 0 Å². The largest absolute Gasteiger partial charge is 0.338 e. The highest BCUT2D eigenvalue weighted by Gasteiger charge is 2.32. The van der Waals surface area contributed by atoms with Gasteiger partial charge < -0.3 is 4.90 Å². The fourth-order valence-electron chi connectivity index (χ4n) is 4.25. The molecule has 2 aromatic heterocycles. The molecule has 1 aliphatic rings. The first-order valence-electron chi connectivity index (χ1n) is 12.1. The Kier molecular flexibility index (Phi) is 8.90. The van der Waals surface area contributed by atoms with Crippen molar-refractivity contribution < 1.29 is 18.4 Å². The Morgan fingerprint density at radius 2 is 1.76 bits per heavy atom. The van der Waals surface area contributed by atoms with Gasteiger partial charge in [0.05, 0.1) is 23.4 Å². The third kappa shape index (κ3) is 6.86. The van der Waals surface area contributed by atoms with Crippen LogP contribution in [0.4, 0.5) is 5.95 Å². The lowest BCUT2D eigenvalue weighted by Crippen LogP contribution is -2.51. The first-order valence-corrected chi connectivity index (χ1v) is 13.7. The molecule has 198 valence electrons. The third-order valence-electron chi connectivity index (χ3n) is 6.32. The van der Waals surface area contributed by atoms with Gasteiger partial charge in [0.1, 0.15) is 5.82 Å². The summed E-state index contributed by atoms with van der Waals surface area (Å²) in [6.07, 6.45) is 8.15. The zero-order valence-electron chi connectivity index (χ0n) is 20.7. The van der Waals surface area contributed by atoms with Crippen LogP contribution in [-0.2, 0) is 21.2 Å². The van der Waals surface area contributed by atoms with Crippen LogP contribution >= 0.6 is 0 Å². The number of aryl methyl sites for hydroxylation is 1. The highest BCUT2D eigenvalue weighted by atomic mass is 32.2. The summed E-state index contributed by atoms with van der Waals surface area (Å²) in [7, 11) is -3.74. The van der Waals surface area contributed by atoms with Gasteiger partial charge in [0.2, 0.25) is 22.4 Å². The number of nitriles is 1. The van der Waals surface area contributed by atoms with Crippen LogP contribution < -0.4 is 4.90 Å². The molecule has 12 nitrogen and oxygen atoms in total. The average Bonchev–Trinajstić information content (AvgIpc) is 2.97. The fourth-order valence-corrected chi connectivity index (χ4v) is 5.99. The van der Waals surface area contributed by atoms with Gasteiger partial charge in [-0.3, -0.25) is 10.0 Å². The Balaban J connectivity index is 1.33. The van der Waals surface area contributed by atoms with Gasteiger partial charge in [0.15, 0.2) is 0 Å². The number of carbonyl (C=O) groups excluding carboxylic acids is 1. The summed E-state index contributed by atoms with van der Waals surface area (Å²) in [5.74, 6) is 0.725. The van der Waals surface area contributed by atoms with E-state index in [1.54, 1.807) is 49.1 Å². The normalized spacial score (nSPS) is 15.0. The van der Waals surface area contributed by atoms with E-state index in [9.17, 15) is 18.4 Å². The second-order valence-corrected chi connectivity index (χ2v) is 10.8. The predicted octanol–water partition coefficient (Wildman–Crippen LogP) is 1.50. The number of sulfonamides is 1. The number of hydrogen-bond donors (Lipinski definition) is 1. The minimum Gasteiger partial charge on any atom is -0.338 e. The molecule has 0 saturated carbocycles. The Morgan fingerprint density at radius 3 is 2.42 bits per heavy atom. The van der Waals surface area contributed by atoms with Crippen molar-refractivity contribution in [1.29, 1.82) is 5.26 Å². The molecule has 3 heterocycles. The summed E-state index contributed by atoms with van der Waals surface area (Å²) in [5, 5.41) is 19.5. The van der Waals surface area contributed by atoms with Crippen LogP contribution in [0.25, 0.3) is 11.1 Å². The van der Waals surface area contributed by atoms with Gasteiger partial charge in [-0.25, -0.2) is 33.4 Å². The Bertz CT molecular complexity index is 1360. The summed E-state index contributed by atoms with van der Waals surface area (Å²) in [6.45, 7) is 1.26. The maximum Gasteiger partial charge on any atom is 0.233 e. The molecule has 0 radical (unpaired) electrons. The van der Waals surface area contributed by atoms with Crippen LogP contribution in [0, 0.1) is 11.3 Å². The van der Waals surface area contributed by atoms with E-state index < -0.39 is 16.1 Å². The molecule has 1 aromatic carbocycles. The van der Waals surface area contributed by atoms with Crippen molar-refractivity contribution in [2.75, 3.05) is 36.8 Å². The van der Waals surface area contributed by atoms with Crippen molar-refractivity contribution in [2.24, 2.45) is 0 Å². The number of aromatic nitrogens is 4. The van der Waals surface area contributed by atoms with Gasteiger partial charge in [-0.05, 0) is 36.6 Å². The van der Waals surface area contributed by atoms with E-state index in [0.717, 1.165) is 11.1 Å². The Morgan fingerprint density at radius 1 is 1.05 bits per heavy atom. The number of piperazine rings is 1. The molecule has 1 unspecified atom stereocenters. The van der Waals surface area contributed by atoms with E-state index in [1.807, 2.05) is 11.0 Å². The van der Waals surface area contributed by atoms with Crippen molar-refractivity contribution in [2.45, 2.75) is 25.3 Å².